The Balaban J connectivity index is 1.77. The zero-order valence-corrected chi connectivity index (χ0v) is 11.5. The Morgan fingerprint density at radius 3 is 2.40 bits per heavy atom. The molecule has 2 aromatic carbocycles. The van der Waals surface area contributed by atoms with Gasteiger partial charge in [0.1, 0.15) is 11.6 Å². The molecular weight excluding hydrogens is 253 g/mol. The van der Waals surface area contributed by atoms with Crippen molar-refractivity contribution in [2.75, 3.05) is 7.11 Å². The number of hydrogen-bond acceptors (Lipinski definition) is 2. The van der Waals surface area contributed by atoms with E-state index in [2.05, 4.69) is 5.32 Å². The van der Waals surface area contributed by atoms with E-state index in [4.69, 9.17) is 4.74 Å². The minimum Gasteiger partial charge on any atom is -0.497 e. The molecule has 1 saturated carbocycles. The van der Waals surface area contributed by atoms with Crippen molar-refractivity contribution in [3.05, 3.63) is 53.8 Å². The molecule has 0 aliphatic heterocycles. The van der Waals surface area contributed by atoms with Crippen molar-refractivity contribution in [1.29, 1.82) is 0 Å². The van der Waals surface area contributed by atoms with Gasteiger partial charge in [0.25, 0.3) is 0 Å². The van der Waals surface area contributed by atoms with E-state index in [0.717, 1.165) is 22.4 Å². The lowest BCUT2D eigenvalue weighted by Gasteiger charge is -2.08. The first-order chi connectivity index (χ1) is 9.76. The molecule has 1 aliphatic carbocycles. The van der Waals surface area contributed by atoms with E-state index >= 15 is 0 Å². The summed E-state index contributed by atoms with van der Waals surface area (Å²) in [5.41, 5.74) is 2.61. The molecule has 0 heterocycles. The topological polar surface area (TPSA) is 21.3 Å². The first-order valence-corrected chi connectivity index (χ1v) is 6.92. The van der Waals surface area contributed by atoms with E-state index in [0.29, 0.717) is 12.6 Å². The largest absolute Gasteiger partial charge is 0.497 e. The van der Waals surface area contributed by atoms with Crippen LogP contribution in [0.1, 0.15) is 18.4 Å². The second-order valence-corrected chi connectivity index (χ2v) is 5.19. The van der Waals surface area contributed by atoms with Crippen LogP contribution < -0.4 is 10.1 Å². The van der Waals surface area contributed by atoms with Crippen LogP contribution in [-0.2, 0) is 6.54 Å². The Labute approximate surface area is 118 Å². The van der Waals surface area contributed by atoms with Gasteiger partial charge in [-0.25, -0.2) is 4.39 Å². The van der Waals surface area contributed by atoms with Gasteiger partial charge in [0.2, 0.25) is 0 Å². The molecular formula is C17H18FNO. The highest BCUT2D eigenvalue weighted by atomic mass is 19.1. The van der Waals surface area contributed by atoms with Crippen LogP contribution in [0.15, 0.2) is 42.5 Å². The average Bonchev–Trinajstić information content (AvgIpc) is 3.30. The quantitative estimate of drug-likeness (QED) is 0.894. The molecule has 0 atom stereocenters. The summed E-state index contributed by atoms with van der Waals surface area (Å²) in [5, 5.41) is 3.33. The predicted octanol–water partition coefficient (Wildman–Crippen LogP) is 3.75. The van der Waals surface area contributed by atoms with Gasteiger partial charge in [-0.1, -0.05) is 24.3 Å². The third-order valence-corrected chi connectivity index (χ3v) is 3.63. The molecule has 0 unspecified atom stereocenters. The molecule has 0 aromatic heterocycles. The van der Waals surface area contributed by atoms with Crippen molar-refractivity contribution >= 4 is 0 Å². The fourth-order valence-corrected chi connectivity index (χ4v) is 2.20. The molecule has 2 aromatic rings. The SMILES string of the molecule is COc1ccc(-c2ccc(CNC3CC3)c(F)c2)cc1. The number of rotatable bonds is 5. The zero-order valence-electron chi connectivity index (χ0n) is 11.5. The first kappa shape index (κ1) is 13.1. The standard InChI is InChI=1S/C17H18FNO/c1-20-16-8-4-12(5-9-16)13-2-3-14(17(18)10-13)11-19-15-6-7-15/h2-5,8-10,15,19H,6-7,11H2,1H3. The van der Waals surface area contributed by atoms with Crippen molar-refractivity contribution in [1.82, 2.24) is 5.32 Å². The molecule has 0 amide bonds. The summed E-state index contributed by atoms with van der Waals surface area (Å²) in [6, 6.07) is 13.7. The van der Waals surface area contributed by atoms with E-state index in [1.165, 1.54) is 12.8 Å². The van der Waals surface area contributed by atoms with E-state index in [9.17, 15) is 4.39 Å². The Hall–Kier alpha value is -1.87. The van der Waals surface area contributed by atoms with Crippen LogP contribution in [0.3, 0.4) is 0 Å². The minimum atomic E-state index is -0.147. The Morgan fingerprint density at radius 2 is 1.80 bits per heavy atom. The van der Waals surface area contributed by atoms with Crippen LogP contribution >= 0.6 is 0 Å². The van der Waals surface area contributed by atoms with Gasteiger partial charge in [0.05, 0.1) is 7.11 Å². The van der Waals surface area contributed by atoms with Gasteiger partial charge in [-0.2, -0.15) is 0 Å². The van der Waals surface area contributed by atoms with E-state index in [-0.39, 0.29) is 5.82 Å². The van der Waals surface area contributed by atoms with Gasteiger partial charge in [-0.3, -0.25) is 0 Å². The molecule has 0 bridgehead atoms. The third kappa shape index (κ3) is 2.99. The van der Waals surface area contributed by atoms with Crippen molar-refractivity contribution < 1.29 is 9.13 Å². The van der Waals surface area contributed by atoms with E-state index in [1.54, 1.807) is 13.2 Å². The fraction of sp³-hybridized carbons (Fsp3) is 0.294. The minimum absolute atomic E-state index is 0.147. The van der Waals surface area contributed by atoms with Crippen LogP contribution in [0.25, 0.3) is 11.1 Å². The molecule has 1 aliphatic rings. The van der Waals surface area contributed by atoms with Crippen molar-refractivity contribution in [3.63, 3.8) is 0 Å². The summed E-state index contributed by atoms with van der Waals surface area (Å²) in [6.07, 6.45) is 2.43. The lowest BCUT2D eigenvalue weighted by molar-refractivity contribution is 0.415. The molecule has 3 heteroatoms. The molecule has 2 nitrogen and oxygen atoms in total. The van der Waals surface area contributed by atoms with Crippen LogP contribution in [0, 0.1) is 5.82 Å². The lowest BCUT2D eigenvalue weighted by Crippen LogP contribution is -2.16. The van der Waals surface area contributed by atoms with Gasteiger partial charge in [0.15, 0.2) is 0 Å². The molecule has 3 rings (SSSR count). The number of methoxy groups -OCH3 is 1. The van der Waals surface area contributed by atoms with Crippen molar-refractivity contribution in [2.45, 2.75) is 25.4 Å². The smallest absolute Gasteiger partial charge is 0.128 e. The second-order valence-electron chi connectivity index (χ2n) is 5.19. The van der Waals surface area contributed by atoms with Crippen molar-refractivity contribution in [3.8, 4) is 16.9 Å². The molecule has 104 valence electrons. The summed E-state index contributed by atoms with van der Waals surface area (Å²) < 4.78 is 19.2. The second kappa shape index (κ2) is 5.63. The maximum absolute atomic E-state index is 14.1. The van der Waals surface area contributed by atoms with Gasteiger partial charge in [-0.15, -0.1) is 0 Å². The summed E-state index contributed by atoms with van der Waals surface area (Å²) in [6.45, 7) is 0.611. The highest BCUT2D eigenvalue weighted by molar-refractivity contribution is 5.64. The Bertz CT molecular complexity index is 590. The summed E-state index contributed by atoms with van der Waals surface area (Å²) >= 11 is 0. The molecule has 0 spiro atoms. The van der Waals surface area contributed by atoms with Crippen LogP contribution in [0.5, 0.6) is 5.75 Å². The molecule has 0 saturated heterocycles. The summed E-state index contributed by atoms with van der Waals surface area (Å²) in [7, 11) is 1.64. The van der Waals surface area contributed by atoms with Gasteiger partial charge in [0, 0.05) is 18.2 Å². The fourth-order valence-electron chi connectivity index (χ4n) is 2.20. The van der Waals surface area contributed by atoms with E-state index in [1.807, 2.05) is 36.4 Å². The maximum Gasteiger partial charge on any atom is 0.128 e. The average molecular weight is 271 g/mol. The zero-order chi connectivity index (χ0) is 13.9. The number of nitrogens with one attached hydrogen (secondary N) is 1. The van der Waals surface area contributed by atoms with Gasteiger partial charge in [-0.05, 0) is 42.2 Å². The number of ether oxygens (including phenoxy) is 1. The first-order valence-electron chi connectivity index (χ1n) is 6.92. The Morgan fingerprint density at radius 1 is 1.10 bits per heavy atom. The number of halogens is 1. The highest BCUT2D eigenvalue weighted by Gasteiger charge is 2.20. The normalized spacial score (nSPS) is 14.3. The maximum atomic E-state index is 14.1. The van der Waals surface area contributed by atoms with Crippen molar-refractivity contribution in [2.24, 2.45) is 0 Å². The third-order valence-electron chi connectivity index (χ3n) is 3.63. The van der Waals surface area contributed by atoms with Gasteiger partial charge < -0.3 is 10.1 Å². The molecule has 20 heavy (non-hydrogen) atoms. The monoisotopic (exact) mass is 271 g/mol. The van der Waals surface area contributed by atoms with Crippen LogP contribution in [-0.4, -0.2) is 13.2 Å². The molecule has 0 radical (unpaired) electrons. The summed E-state index contributed by atoms with van der Waals surface area (Å²) in [5.74, 6) is 0.658. The molecule has 1 N–H and O–H groups in total. The predicted molar refractivity (Wildman–Crippen MR) is 78.2 cm³/mol. The summed E-state index contributed by atoms with van der Waals surface area (Å²) in [4.78, 5) is 0. The van der Waals surface area contributed by atoms with E-state index < -0.39 is 0 Å². The number of hydrogen-bond donors (Lipinski definition) is 1. The lowest BCUT2D eigenvalue weighted by atomic mass is 10.0. The number of benzene rings is 2. The van der Waals surface area contributed by atoms with Crippen LogP contribution in [0.4, 0.5) is 4.39 Å². The van der Waals surface area contributed by atoms with Crippen LogP contribution in [0.2, 0.25) is 0 Å². The van der Waals surface area contributed by atoms with Gasteiger partial charge >= 0.3 is 0 Å². The highest BCUT2D eigenvalue weighted by Crippen LogP contribution is 2.25. The Kier molecular flexibility index (Phi) is 3.70. The molecule has 1 fully saturated rings.